The van der Waals surface area contributed by atoms with Gasteiger partial charge in [0.1, 0.15) is 0 Å². The van der Waals surface area contributed by atoms with Crippen molar-refractivity contribution in [1.29, 1.82) is 0 Å². The Hall–Kier alpha value is -1.71. The molecule has 0 bridgehead atoms. The number of ether oxygens (including phenoxy) is 1. The zero-order valence-corrected chi connectivity index (χ0v) is 9.69. The summed E-state index contributed by atoms with van der Waals surface area (Å²) < 4.78 is 4.87. The predicted octanol–water partition coefficient (Wildman–Crippen LogP) is 2.02. The lowest BCUT2D eigenvalue weighted by Gasteiger charge is -2.14. The third kappa shape index (κ3) is 4.21. The molecule has 0 spiro atoms. The van der Waals surface area contributed by atoms with E-state index in [0.717, 1.165) is 11.4 Å². The first kappa shape index (κ1) is 12.4. The maximum atomic E-state index is 11.2. The van der Waals surface area contributed by atoms with Gasteiger partial charge in [-0.05, 0) is 38.1 Å². The smallest absolute Gasteiger partial charge is 0.307 e. The minimum atomic E-state index is -0.182. The summed E-state index contributed by atoms with van der Waals surface area (Å²) in [5, 5.41) is 3.20. The molecule has 0 radical (unpaired) electrons. The maximum absolute atomic E-state index is 11.2. The van der Waals surface area contributed by atoms with Crippen LogP contribution in [0, 0.1) is 0 Å². The van der Waals surface area contributed by atoms with Crippen molar-refractivity contribution in [2.24, 2.45) is 0 Å². The Kier molecular flexibility index (Phi) is 4.64. The first-order chi connectivity index (χ1) is 7.61. The maximum Gasteiger partial charge on any atom is 0.307 e. The second-order valence-corrected chi connectivity index (χ2v) is 3.68. The highest BCUT2D eigenvalue weighted by Crippen LogP contribution is 2.12. The lowest BCUT2D eigenvalue weighted by molar-refractivity contribution is -0.143. The van der Waals surface area contributed by atoms with E-state index in [1.807, 2.05) is 31.2 Å². The molecule has 88 valence electrons. The van der Waals surface area contributed by atoms with Crippen LogP contribution in [0.15, 0.2) is 24.3 Å². The highest BCUT2D eigenvalue weighted by atomic mass is 16.5. The van der Waals surface area contributed by atoms with Gasteiger partial charge in [0.2, 0.25) is 0 Å². The van der Waals surface area contributed by atoms with Crippen molar-refractivity contribution < 1.29 is 9.53 Å². The fourth-order valence-electron chi connectivity index (χ4n) is 1.38. The van der Waals surface area contributed by atoms with Crippen LogP contribution >= 0.6 is 0 Å². The molecule has 0 aliphatic carbocycles. The van der Waals surface area contributed by atoms with Gasteiger partial charge in [-0.2, -0.15) is 0 Å². The Morgan fingerprint density at radius 2 is 2.06 bits per heavy atom. The molecule has 0 saturated carbocycles. The van der Waals surface area contributed by atoms with E-state index in [0.29, 0.717) is 13.0 Å². The molecule has 0 aromatic heterocycles. The molecule has 1 rings (SSSR count). The van der Waals surface area contributed by atoms with Crippen molar-refractivity contribution in [1.82, 2.24) is 0 Å². The molecule has 0 heterocycles. The number of benzene rings is 1. The number of anilines is 2. The Bertz CT molecular complexity index is 335. The normalized spacial score (nSPS) is 11.9. The molecule has 4 heteroatoms. The van der Waals surface area contributed by atoms with Gasteiger partial charge in [-0.3, -0.25) is 4.79 Å². The van der Waals surface area contributed by atoms with Gasteiger partial charge in [0, 0.05) is 17.4 Å². The van der Waals surface area contributed by atoms with E-state index in [1.165, 1.54) is 0 Å². The third-order valence-corrected chi connectivity index (χ3v) is 2.10. The Morgan fingerprint density at radius 3 is 2.62 bits per heavy atom. The third-order valence-electron chi connectivity index (χ3n) is 2.10. The van der Waals surface area contributed by atoms with E-state index in [-0.39, 0.29) is 12.0 Å². The van der Waals surface area contributed by atoms with Crippen molar-refractivity contribution in [2.45, 2.75) is 26.3 Å². The fraction of sp³-hybridized carbons (Fsp3) is 0.417. The van der Waals surface area contributed by atoms with E-state index in [1.54, 1.807) is 6.92 Å². The van der Waals surface area contributed by atoms with Crippen molar-refractivity contribution in [3.8, 4) is 0 Å². The molecule has 0 fully saturated rings. The molecule has 1 atom stereocenters. The molecule has 1 aromatic rings. The van der Waals surface area contributed by atoms with Gasteiger partial charge in [0.15, 0.2) is 0 Å². The second-order valence-electron chi connectivity index (χ2n) is 3.68. The van der Waals surface area contributed by atoms with Crippen LogP contribution in [0.1, 0.15) is 20.3 Å². The van der Waals surface area contributed by atoms with Crippen molar-refractivity contribution in [2.75, 3.05) is 17.7 Å². The Labute approximate surface area is 95.8 Å². The molecule has 0 amide bonds. The summed E-state index contributed by atoms with van der Waals surface area (Å²) in [6.45, 7) is 4.16. The van der Waals surface area contributed by atoms with Crippen molar-refractivity contribution in [3.63, 3.8) is 0 Å². The standard InChI is InChI=1S/C12H18N2O2/c1-3-16-12(15)8-9(2)14-11-6-4-10(13)5-7-11/h4-7,9,14H,3,8,13H2,1-2H3. The number of esters is 1. The highest BCUT2D eigenvalue weighted by Gasteiger charge is 2.09. The molecule has 1 unspecified atom stereocenters. The van der Waals surface area contributed by atoms with Gasteiger partial charge in [-0.25, -0.2) is 0 Å². The van der Waals surface area contributed by atoms with Gasteiger partial charge >= 0.3 is 5.97 Å². The summed E-state index contributed by atoms with van der Waals surface area (Å²) in [4.78, 5) is 11.2. The minimum Gasteiger partial charge on any atom is -0.466 e. The van der Waals surface area contributed by atoms with Crippen LogP contribution < -0.4 is 11.1 Å². The van der Waals surface area contributed by atoms with Crippen LogP contribution in [-0.2, 0) is 9.53 Å². The summed E-state index contributed by atoms with van der Waals surface area (Å²) in [5.74, 6) is -0.182. The van der Waals surface area contributed by atoms with Crippen LogP contribution in [0.4, 0.5) is 11.4 Å². The Morgan fingerprint density at radius 1 is 1.44 bits per heavy atom. The summed E-state index contributed by atoms with van der Waals surface area (Å²) in [6.07, 6.45) is 0.359. The number of hydrogen-bond acceptors (Lipinski definition) is 4. The number of carbonyl (C=O) groups excluding carboxylic acids is 1. The summed E-state index contributed by atoms with van der Waals surface area (Å²) in [6, 6.07) is 7.45. The number of nitrogens with two attached hydrogens (primary N) is 1. The number of nitrogen functional groups attached to an aromatic ring is 1. The topological polar surface area (TPSA) is 64.3 Å². The van der Waals surface area contributed by atoms with E-state index in [2.05, 4.69) is 5.32 Å². The van der Waals surface area contributed by atoms with Gasteiger partial charge in [0.05, 0.1) is 13.0 Å². The molecule has 0 aliphatic heterocycles. The highest BCUT2D eigenvalue weighted by molar-refractivity contribution is 5.70. The number of carbonyl (C=O) groups is 1. The fourth-order valence-corrected chi connectivity index (χ4v) is 1.38. The molecule has 0 saturated heterocycles. The SMILES string of the molecule is CCOC(=O)CC(C)Nc1ccc(N)cc1. The quantitative estimate of drug-likeness (QED) is 0.591. The molecular weight excluding hydrogens is 204 g/mol. The van der Waals surface area contributed by atoms with Gasteiger partial charge in [0.25, 0.3) is 0 Å². The largest absolute Gasteiger partial charge is 0.466 e. The molecule has 4 nitrogen and oxygen atoms in total. The van der Waals surface area contributed by atoms with E-state index >= 15 is 0 Å². The number of rotatable bonds is 5. The first-order valence-electron chi connectivity index (χ1n) is 5.39. The zero-order chi connectivity index (χ0) is 12.0. The van der Waals surface area contributed by atoms with Gasteiger partial charge < -0.3 is 15.8 Å². The number of hydrogen-bond donors (Lipinski definition) is 2. The van der Waals surface area contributed by atoms with Crippen LogP contribution in [0.2, 0.25) is 0 Å². The van der Waals surface area contributed by atoms with E-state index in [4.69, 9.17) is 10.5 Å². The Balaban J connectivity index is 2.42. The predicted molar refractivity (Wildman–Crippen MR) is 65.2 cm³/mol. The van der Waals surface area contributed by atoms with Gasteiger partial charge in [-0.1, -0.05) is 0 Å². The van der Waals surface area contributed by atoms with E-state index in [9.17, 15) is 4.79 Å². The minimum absolute atomic E-state index is 0.0441. The molecule has 16 heavy (non-hydrogen) atoms. The lowest BCUT2D eigenvalue weighted by atomic mass is 10.2. The summed E-state index contributed by atoms with van der Waals surface area (Å²) >= 11 is 0. The molecule has 3 N–H and O–H groups in total. The van der Waals surface area contributed by atoms with Crippen molar-refractivity contribution >= 4 is 17.3 Å². The van der Waals surface area contributed by atoms with E-state index < -0.39 is 0 Å². The average Bonchev–Trinajstić information content (AvgIpc) is 2.21. The van der Waals surface area contributed by atoms with Gasteiger partial charge in [-0.15, -0.1) is 0 Å². The first-order valence-corrected chi connectivity index (χ1v) is 5.39. The van der Waals surface area contributed by atoms with Crippen LogP contribution in [0.3, 0.4) is 0 Å². The van der Waals surface area contributed by atoms with Crippen LogP contribution in [-0.4, -0.2) is 18.6 Å². The van der Waals surface area contributed by atoms with Crippen molar-refractivity contribution in [3.05, 3.63) is 24.3 Å². The van der Waals surface area contributed by atoms with Crippen LogP contribution in [0.5, 0.6) is 0 Å². The summed E-state index contributed by atoms with van der Waals surface area (Å²) in [7, 11) is 0. The number of nitrogens with one attached hydrogen (secondary N) is 1. The lowest BCUT2D eigenvalue weighted by Crippen LogP contribution is -2.20. The molecular formula is C12H18N2O2. The average molecular weight is 222 g/mol. The zero-order valence-electron chi connectivity index (χ0n) is 9.69. The van der Waals surface area contributed by atoms with Crippen LogP contribution in [0.25, 0.3) is 0 Å². The monoisotopic (exact) mass is 222 g/mol. The second kappa shape index (κ2) is 6.00. The molecule has 0 aliphatic rings. The molecule has 1 aromatic carbocycles. The summed E-state index contributed by atoms with van der Waals surface area (Å²) in [5.41, 5.74) is 7.25.